The predicted molar refractivity (Wildman–Crippen MR) is 145 cm³/mol. The van der Waals surface area contributed by atoms with Crippen molar-refractivity contribution in [1.82, 2.24) is 15.4 Å². The number of aliphatic hydroxyl groups is 3. The topological polar surface area (TPSA) is 193 Å². The lowest BCUT2D eigenvalue weighted by molar-refractivity contribution is -0.267. The molecule has 1 heterocycles. The van der Waals surface area contributed by atoms with Crippen molar-refractivity contribution >= 4 is 21.8 Å². The van der Waals surface area contributed by atoms with E-state index in [0.29, 0.717) is 26.0 Å². The lowest BCUT2D eigenvalue weighted by Gasteiger charge is -2.42. The lowest BCUT2D eigenvalue weighted by atomic mass is 9.98. The second-order valence-electron chi connectivity index (χ2n) is 9.86. The van der Waals surface area contributed by atoms with Crippen molar-refractivity contribution in [3.63, 3.8) is 0 Å². The SMILES string of the molecule is Cc1ccc(S(=O)(=O)NC2C(OCCNC(=O)CCCC(=O)NCCCOC(C)C)OC(CO)C(O)C2O)cc1. The third-order valence-corrected chi connectivity index (χ3v) is 7.59. The first-order valence-electron chi connectivity index (χ1n) is 13.4. The molecule has 0 saturated carbocycles. The zero-order valence-electron chi connectivity index (χ0n) is 23.2. The summed E-state index contributed by atoms with van der Waals surface area (Å²) in [6.45, 7) is 6.05. The Hall–Kier alpha value is -2.17. The fourth-order valence-electron chi connectivity index (χ4n) is 3.89. The van der Waals surface area contributed by atoms with Gasteiger partial charge in [-0.15, -0.1) is 0 Å². The summed E-state index contributed by atoms with van der Waals surface area (Å²) < 4.78 is 44.6. The molecule has 1 aromatic rings. The van der Waals surface area contributed by atoms with E-state index in [9.17, 15) is 33.3 Å². The molecular weight excluding hydrogens is 546 g/mol. The molecule has 40 heavy (non-hydrogen) atoms. The molecule has 6 N–H and O–H groups in total. The van der Waals surface area contributed by atoms with E-state index in [4.69, 9.17) is 14.2 Å². The number of carbonyl (C=O) groups excluding carboxylic acids is 2. The third-order valence-electron chi connectivity index (χ3n) is 6.11. The van der Waals surface area contributed by atoms with Crippen LogP contribution in [0, 0.1) is 6.92 Å². The van der Waals surface area contributed by atoms with Gasteiger partial charge in [-0.2, -0.15) is 0 Å². The Labute approximate surface area is 235 Å². The zero-order valence-corrected chi connectivity index (χ0v) is 24.1. The standard InChI is InChI=1S/C26H43N3O10S/c1-17(2)37-14-5-12-27-21(31)6-4-7-22(32)28-13-15-38-26-23(25(34)24(33)20(16-30)39-26)29-40(35,36)19-10-8-18(3)9-11-19/h8-11,17,20,23-26,29-30,33-34H,4-7,12-16H2,1-3H3,(H,27,31)(H,28,32). The number of aliphatic hydroxyl groups excluding tert-OH is 3. The van der Waals surface area contributed by atoms with Crippen molar-refractivity contribution in [2.45, 2.75) is 88.1 Å². The van der Waals surface area contributed by atoms with Crippen molar-refractivity contribution in [3.05, 3.63) is 29.8 Å². The molecule has 1 aromatic carbocycles. The summed E-state index contributed by atoms with van der Waals surface area (Å²) >= 11 is 0. The van der Waals surface area contributed by atoms with Crippen LogP contribution in [0.3, 0.4) is 0 Å². The van der Waals surface area contributed by atoms with Crippen molar-refractivity contribution in [1.29, 1.82) is 0 Å². The molecule has 1 fully saturated rings. The number of amides is 2. The van der Waals surface area contributed by atoms with Crippen LogP contribution < -0.4 is 15.4 Å². The molecule has 2 rings (SSSR count). The fourth-order valence-corrected chi connectivity index (χ4v) is 5.12. The molecule has 0 radical (unpaired) electrons. The molecule has 0 aliphatic carbocycles. The van der Waals surface area contributed by atoms with Gasteiger partial charge < -0.3 is 40.2 Å². The summed E-state index contributed by atoms with van der Waals surface area (Å²) in [6, 6.07) is 4.64. The largest absolute Gasteiger partial charge is 0.394 e. The first kappa shape index (κ1) is 34.0. The number of carbonyl (C=O) groups is 2. The molecule has 1 saturated heterocycles. The molecule has 0 spiro atoms. The van der Waals surface area contributed by atoms with Gasteiger partial charge in [0.15, 0.2) is 6.29 Å². The van der Waals surface area contributed by atoms with Crippen LogP contribution in [0.4, 0.5) is 0 Å². The maximum Gasteiger partial charge on any atom is 0.241 e. The van der Waals surface area contributed by atoms with Gasteiger partial charge in [-0.25, -0.2) is 13.1 Å². The highest BCUT2D eigenvalue weighted by Crippen LogP contribution is 2.24. The van der Waals surface area contributed by atoms with Gasteiger partial charge in [0, 0.05) is 32.5 Å². The van der Waals surface area contributed by atoms with Crippen molar-refractivity contribution in [2.75, 3.05) is 32.9 Å². The minimum absolute atomic E-state index is 0.0423. The number of hydrogen-bond acceptors (Lipinski definition) is 10. The van der Waals surface area contributed by atoms with Crippen molar-refractivity contribution < 1.29 is 47.5 Å². The van der Waals surface area contributed by atoms with E-state index in [1.54, 1.807) is 19.1 Å². The summed E-state index contributed by atoms with van der Waals surface area (Å²) in [5.74, 6) is -0.444. The third kappa shape index (κ3) is 11.4. The minimum atomic E-state index is -4.12. The highest BCUT2D eigenvalue weighted by atomic mass is 32.2. The number of nitrogens with one attached hydrogen (secondary N) is 3. The van der Waals surface area contributed by atoms with Crippen LogP contribution in [0.2, 0.25) is 0 Å². The Morgan fingerprint density at radius 3 is 2.20 bits per heavy atom. The number of sulfonamides is 1. The summed E-state index contributed by atoms with van der Waals surface area (Å²) in [5.41, 5.74) is 0.857. The number of benzene rings is 1. The van der Waals surface area contributed by atoms with Crippen LogP contribution >= 0.6 is 0 Å². The van der Waals surface area contributed by atoms with Crippen LogP contribution in [0.15, 0.2) is 29.2 Å². The molecule has 5 unspecified atom stereocenters. The molecule has 5 atom stereocenters. The van der Waals surface area contributed by atoms with Crippen molar-refractivity contribution in [2.24, 2.45) is 0 Å². The van der Waals surface area contributed by atoms with Crippen LogP contribution in [0.1, 0.15) is 45.1 Å². The van der Waals surface area contributed by atoms with Gasteiger partial charge in [-0.1, -0.05) is 17.7 Å². The Bertz CT molecular complexity index is 1020. The van der Waals surface area contributed by atoms with E-state index < -0.39 is 47.3 Å². The normalized spacial score (nSPS) is 23.2. The van der Waals surface area contributed by atoms with Crippen molar-refractivity contribution in [3.8, 4) is 0 Å². The minimum Gasteiger partial charge on any atom is -0.394 e. The highest BCUT2D eigenvalue weighted by molar-refractivity contribution is 7.89. The van der Waals surface area contributed by atoms with Gasteiger partial charge in [-0.3, -0.25) is 9.59 Å². The fraction of sp³-hybridized carbons (Fsp3) is 0.692. The van der Waals surface area contributed by atoms with Crippen LogP contribution in [0.25, 0.3) is 0 Å². The number of aryl methyl sites for hydroxylation is 1. The lowest BCUT2D eigenvalue weighted by Crippen LogP contribution is -2.64. The van der Waals surface area contributed by atoms with Crippen LogP contribution in [0.5, 0.6) is 0 Å². The monoisotopic (exact) mass is 589 g/mol. The summed E-state index contributed by atoms with van der Waals surface area (Å²) in [6.07, 6.45) is -4.23. The molecular formula is C26H43N3O10S. The maximum absolute atomic E-state index is 12.9. The Morgan fingerprint density at radius 1 is 0.975 bits per heavy atom. The van der Waals surface area contributed by atoms with Gasteiger partial charge in [0.2, 0.25) is 21.8 Å². The number of hydrogen-bond donors (Lipinski definition) is 6. The van der Waals surface area contributed by atoms with E-state index in [-0.39, 0.29) is 48.8 Å². The molecule has 1 aliphatic heterocycles. The van der Waals surface area contributed by atoms with Gasteiger partial charge in [0.25, 0.3) is 0 Å². The summed E-state index contributed by atoms with van der Waals surface area (Å²) in [5, 5.41) is 35.8. The summed E-state index contributed by atoms with van der Waals surface area (Å²) in [7, 11) is -4.12. The number of rotatable bonds is 17. The maximum atomic E-state index is 12.9. The first-order chi connectivity index (χ1) is 18.9. The molecule has 2 amide bonds. The van der Waals surface area contributed by atoms with E-state index >= 15 is 0 Å². The van der Waals surface area contributed by atoms with Gasteiger partial charge in [-0.05, 0) is 45.7 Å². The zero-order chi connectivity index (χ0) is 29.7. The van der Waals surface area contributed by atoms with Gasteiger partial charge in [0.05, 0.1) is 24.2 Å². The quantitative estimate of drug-likeness (QED) is 0.127. The van der Waals surface area contributed by atoms with Crippen LogP contribution in [-0.2, 0) is 33.8 Å². The second-order valence-corrected chi connectivity index (χ2v) is 11.6. The van der Waals surface area contributed by atoms with Gasteiger partial charge in [0.1, 0.15) is 24.4 Å². The average molecular weight is 590 g/mol. The first-order valence-corrected chi connectivity index (χ1v) is 14.9. The molecule has 228 valence electrons. The molecule has 13 nitrogen and oxygen atoms in total. The average Bonchev–Trinajstić information content (AvgIpc) is 2.90. The molecule has 14 heteroatoms. The molecule has 0 bridgehead atoms. The van der Waals surface area contributed by atoms with E-state index in [1.165, 1.54) is 12.1 Å². The van der Waals surface area contributed by atoms with E-state index in [2.05, 4.69) is 15.4 Å². The number of ether oxygens (including phenoxy) is 3. The molecule has 1 aliphatic rings. The highest BCUT2D eigenvalue weighted by Gasteiger charge is 2.46. The summed E-state index contributed by atoms with van der Waals surface area (Å²) in [4.78, 5) is 23.9. The predicted octanol–water partition coefficient (Wildman–Crippen LogP) is -0.685. The Morgan fingerprint density at radius 2 is 1.60 bits per heavy atom. The van der Waals surface area contributed by atoms with E-state index in [1.807, 2.05) is 13.8 Å². The van der Waals surface area contributed by atoms with Gasteiger partial charge >= 0.3 is 0 Å². The second kappa shape index (κ2) is 16.9. The Kier molecular flexibility index (Phi) is 14.4. The van der Waals surface area contributed by atoms with E-state index in [0.717, 1.165) is 5.56 Å². The Balaban J connectivity index is 1.79. The molecule has 0 aromatic heterocycles. The van der Waals surface area contributed by atoms with Crippen LogP contribution in [-0.4, -0.2) is 105 Å². The smallest absolute Gasteiger partial charge is 0.241 e.